The van der Waals surface area contributed by atoms with Gasteiger partial charge in [-0.2, -0.15) is 13.5 Å². The summed E-state index contributed by atoms with van der Waals surface area (Å²) in [5, 5.41) is 0. The van der Waals surface area contributed by atoms with E-state index < -0.39 is 0 Å². The van der Waals surface area contributed by atoms with Crippen LogP contribution < -0.4 is 0 Å². The van der Waals surface area contributed by atoms with Crippen molar-refractivity contribution in [3.63, 3.8) is 0 Å². The van der Waals surface area contributed by atoms with Gasteiger partial charge >= 0.3 is 0 Å². The van der Waals surface area contributed by atoms with Crippen LogP contribution in [0.5, 0.6) is 0 Å². The van der Waals surface area contributed by atoms with Crippen LogP contribution in [0.4, 0.5) is 0 Å². The minimum atomic E-state index is 0. The van der Waals surface area contributed by atoms with Crippen LogP contribution in [-0.2, 0) is 25.7 Å². The van der Waals surface area contributed by atoms with E-state index in [4.69, 9.17) is 0 Å². The van der Waals surface area contributed by atoms with Crippen LogP contribution in [0.2, 0.25) is 0 Å². The highest BCUT2D eigenvalue weighted by atomic mass is 32.1. The zero-order valence-corrected chi connectivity index (χ0v) is 14.9. The van der Waals surface area contributed by atoms with Crippen LogP contribution in [0.1, 0.15) is 49.9 Å². The molecular formula is C20H30S. The second-order valence-corrected chi connectivity index (χ2v) is 5.05. The van der Waals surface area contributed by atoms with Gasteiger partial charge in [-0.1, -0.05) is 76.2 Å². The summed E-state index contributed by atoms with van der Waals surface area (Å²) in [5.41, 5.74) is 5.71. The van der Waals surface area contributed by atoms with Gasteiger partial charge in [-0.15, -0.1) is 0 Å². The number of rotatable bonds is 4. The minimum Gasteiger partial charge on any atom is -0.197 e. The average molecular weight is 303 g/mol. The van der Waals surface area contributed by atoms with Gasteiger partial charge in [-0.25, -0.2) is 0 Å². The second-order valence-electron chi connectivity index (χ2n) is 5.05. The Bertz CT molecular complexity index is 375. The molecule has 0 heterocycles. The Kier molecular flexibility index (Phi) is 10.8. The van der Waals surface area contributed by atoms with Gasteiger partial charge in [-0.05, 0) is 47.9 Å². The Morgan fingerprint density at radius 2 is 0.571 bits per heavy atom. The van der Waals surface area contributed by atoms with Crippen LogP contribution in [-0.4, -0.2) is 0 Å². The molecule has 1 heteroatoms. The van der Waals surface area contributed by atoms with Crippen LogP contribution in [0.25, 0.3) is 0 Å². The maximum Gasteiger partial charge on any atom is -0.0307 e. The highest BCUT2D eigenvalue weighted by molar-refractivity contribution is 7.59. The first-order valence-corrected chi connectivity index (χ1v) is 7.89. The Morgan fingerprint density at radius 3 is 0.667 bits per heavy atom. The molecular weight excluding hydrogens is 272 g/mol. The van der Waals surface area contributed by atoms with Crippen LogP contribution in [0.15, 0.2) is 48.5 Å². The minimum absolute atomic E-state index is 0. The lowest BCUT2D eigenvalue weighted by Crippen LogP contribution is -1.81. The summed E-state index contributed by atoms with van der Waals surface area (Å²) in [5.74, 6) is 0. The van der Waals surface area contributed by atoms with Gasteiger partial charge in [0.05, 0.1) is 0 Å². The molecule has 0 saturated heterocycles. The summed E-state index contributed by atoms with van der Waals surface area (Å²) >= 11 is 0. The van der Waals surface area contributed by atoms with Crippen molar-refractivity contribution < 1.29 is 0 Å². The predicted octanol–water partition coefficient (Wildman–Crippen LogP) is 5.74. The van der Waals surface area contributed by atoms with Gasteiger partial charge in [0.2, 0.25) is 0 Å². The number of benzene rings is 2. The molecule has 2 aromatic rings. The van der Waals surface area contributed by atoms with E-state index in [-0.39, 0.29) is 13.5 Å². The normalized spacial score (nSPS) is 9.33. The highest BCUT2D eigenvalue weighted by Gasteiger charge is 1.89. The number of hydrogen-bond acceptors (Lipinski definition) is 0. The topological polar surface area (TPSA) is 0 Å². The maximum atomic E-state index is 2.21. The van der Waals surface area contributed by atoms with Crippen molar-refractivity contribution in [3.8, 4) is 0 Å². The van der Waals surface area contributed by atoms with E-state index in [2.05, 4.69) is 76.2 Å². The van der Waals surface area contributed by atoms with E-state index in [1.165, 1.54) is 22.3 Å². The molecule has 0 N–H and O–H groups in total. The van der Waals surface area contributed by atoms with Crippen molar-refractivity contribution in [3.05, 3.63) is 70.8 Å². The molecule has 0 radical (unpaired) electrons. The lowest BCUT2D eigenvalue weighted by Gasteiger charge is -1.97. The number of hydrogen-bond donors (Lipinski definition) is 0. The number of aryl methyl sites for hydroxylation is 4. The molecule has 0 saturated carbocycles. The highest BCUT2D eigenvalue weighted by Crippen LogP contribution is 2.05. The van der Waals surface area contributed by atoms with E-state index >= 15 is 0 Å². The molecule has 2 rings (SSSR count). The van der Waals surface area contributed by atoms with Gasteiger partial charge in [0.1, 0.15) is 0 Å². The Hall–Kier alpha value is -1.21. The first-order valence-electron chi connectivity index (χ1n) is 7.89. The SMILES string of the molecule is CCc1ccc(CC)cc1.CCc1ccc(CC)cc1.S. The predicted molar refractivity (Wildman–Crippen MR) is 101 cm³/mol. The molecule has 0 amide bonds. The quantitative estimate of drug-likeness (QED) is 0.676. The molecule has 0 fully saturated rings. The van der Waals surface area contributed by atoms with Crippen molar-refractivity contribution in [2.24, 2.45) is 0 Å². The molecule has 0 atom stereocenters. The Balaban J connectivity index is 0.000000364. The summed E-state index contributed by atoms with van der Waals surface area (Å²) in [7, 11) is 0. The summed E-state index contributed by atoms with van der Waals surface area (Å²) in [6.45, 7) is 8.73. The van der Waals surface area contributed by atoms with Gasteiger partial charge in [0.25, 0.3) is 0 Å². The summed E-state index contributed by atoms with van der Waals surface area (Å²) < 4.78 is 0. The zero-order chi connectivity index (χ0) is 14.8. The lowest BCUT2D eigenvalue weighted by atomic mass is 10.1. The van der Waals surface area contributed by atoms with Crippen molar-refractivity contribution in [1.29, 1.82) is 0 Å². The molecule has 0 aliphatic carbocycles. The average Bonchev–Trinajstić information content (AvgIpc) is 2.55. The summed E-state index contributed by atoms with van der Waals surface area (Å²) in [6, 6.07) is 17.7. The van der Waals surface area contributed by atoms with Gasteiger partial charge < -0.3 is 0 Å². The third-order valence-corrected chi connectivity index (χ3v) is 3.68. The van der Waals surface area contributed by atoms with E-state index in [1.807, 2.05) is 0 Å². The summed E-state index contributed by atoms with van der Waals surface area (Å²) in [6.07, 6.45) is 4.57. The molecule has 21 heavy (non-hydrogen) atoms. The lowest BCUT2D eigenvalue weighted by molar-refractivity contribution is 1.10. The molecule has 0 aliphatic heterocycles. The van der Waals surface area contributed by atoms with Crippen LogP contribution >= 0.6 is 13.5 Å². The molecule has 0 unspecified atom stereocenters. The molecule has 2 aromatic carbocycles. The third kappa shape index (κ3) is 7.38. The molecule has 0 spiro atoms. The van der Waals surface area contributed by atoms with Crippen LogP contribution in [0.3, 0.4) is 0 Å². The second kappa shape index (κ2) is 11.4. The molecule has 116 valence electrons. The third-order valence-electron chi connectivity index (χ3n) is 3.68. The molecule has 0 aromatic heterocycles. The smallest absolute Gasteiger partial charge is 0.0307 e. The Morgan fingerprint density at radius 1 is 0.429 bits per heavy atom. The van der Waals surface area contributed by atoms with Crippen molar-refractivity contribution >= 4 is 13.5 Å². The maximum absolute atomic E-state index is 2.21. The van der Waals surface area contributed by atoms with Gasteiger partial charge in [0, 0.05) is 0 Å². The van der Waals surface area contributed by atoms with E-state index in [9.17, 15) is 0 Å². The Labute approximate surface area is 138 Å². The van der Waals surface area contributed by atoms with Gasteiger partial charge in [0.15, 0.2) is 0 Å². The van der Waals surface area contributed by atoms with E-state index in [0.29, 0.717) is 0 Å². The van der Waals surface area contributed by atoms with Crippen LogP contribution in [0, 0.1) is 0 Å². The molecule has 0 nitrogen and oxygen atoms in total. The van der Waals surface area contributed by atoms with E-state index in [0.717, 1.165) is 25.7 Å². The van der Waals surface area contributed by atoms with Crippen molar-refractivity contribution in [2.75, 3.05) is 0 Å². The fraction of sp³-hybridized carbons (Fsp3) is 0.400. The first kappa shape index (κ1) is 19.8. The van der Waals surface area contributed by atoms with Crippen molar-refractivity contribution in [1.82, 2.24) is 0 Å². The molecule has 0 bridgehead atoms. The fourth-order valence-corrected chi connectivity index (χ4v) is 2.02. The monoisotopic (exact) mass is 302 g/mol. The van der Waals surface area contributed by atoms with Crippen molar-refractivity contribution in [2.45, 2.75) is 53.4 Å². The zero-order valence-electron chi connectivity index (χ0n) is 13.9. The van der Waals surface area contributed by atoms with E-state index in [1.54, 1.807) is 0 Å². The standard InChI is InChI=1S/2C10H14.H2S/c2*1-3-9-5-7-10(4-2)8-6-9;/h2*5-8H,3-4H2,1-2H3;1H2. The first-order chi connectivity index (χ1) is 9.73. The van der Waals surface area contributed by atoms with Gasteiger partial charge in [-0.3, -0.25) is 0 Å². The fourth-order valence-electron chi connectivity index (χ4n) is 2.02. The molecule has 0 aliphatic rings. The largest absolute Gasteiger partial charge is 0.197 e. The summed E-state index contributed by atoms with van der Waals surface area (Å²) in [4.78, 5) is 0.